The standard InChI is InChI=1S/C19H22ClN9O2/c1-11-5-4-6-13(20)14(11)23-15(30)16-26-27-19(31-16)25-17-21-12(2)22-18(24-17)29-9-7-28(3)8-10-29/h4-6H,7-10H2,1-3H3,(H,23,30)(H,21,22,24,25,27). The Labute approximate surface area is 183 Å². The highest BCUT2D eigenvalue weighted by atomic mass is 35.5. The van der Waals surface area contributed by atoms with Crippen LogP contribution < -0.4 is 15.5 Å². The van der Waals surface area contributed by atoms with Crippen LogP contribution in [0.2, 0.25) is 5.02 Å². The van der Waals surface area contributed by atoms with Gasteiger partial charge in [-0.2, -0.15) is 15.0 Å². The average Bonchev–Trinajstić information content (AvgIpc) is 3.19. The zero-order valence-corrected chi connectivity index (χ0v) is 18.1. The van der Waals surface area contributed by atoms with Gasteiger partial charge in [0.15, 0.2) is 0 Å². The largest absolute Gasteiger partial charge is 0.399 e. The average molecular weight is 444 g/mol. The molecule has 31 heavy (non-hydrogen) atoms. The summed E-state index contributed by atoms with van der Waals surface area (Å²) in [4.78, 5) is 30.0. The van der Waals surface area contributed by atoms with E-state index in [0.717, 1.165) is 31.7 Å². The molecule has 4 rings (SSSR count). The molecule has 0 aliphatic carbocycles. The number of piperazine rings is 1. The van der Waals surface area contributed by atoms with Gasteiger partial charge in [0, 0.05) is 26.2 Å². The first kappa shape index (κ1) is 20.9. The maximum Gasteiger partial charge on any atom is 0.322 e. The molecule has 0 atom stereocenters. The van der Waals surface area contributed by atoms with E-state index >= 15 is 0 Å². The summed E-state index contributed by atoms with van der Waals surface area (Å²) < 4.78 is 5.43. The fourth-order valence-corrected chi connectivity index (χ4v) is 3.36. The summed E-state index contributed by atoms with van der Waals surface area (Å²) in [6, 6.07) is 5.32. The van der Waals surface area contributed by atoms with E-state index in [9.17, 15) is 4.79 Å². The van der Waals surface area contributed by atoms with Crippen molar-refractivity contribution in [2.45, 2.75) is 13.8 Å². The molecule has 162 valence electrons. The Hall–Kier alpha value is -3.31. The van der Waals surface area contributed by atoms with Crippen molar-refractivity contribution in [1.82, 2.24) is 30.0 Å². The minimum atomic E-state index is -0.568. The van der Waals surface area contributed by atoms with Crippen molar-refractivity contribution in [3.63, 3.8) is 0 Å². The molecule has 1 fully saturated rings. The number of halogens is 1. The maximum atomic E-state index is 12.5. The molecule has 1 aliphatic rings. The van der Waals surface area contributed by atoms with Crippen molar-refractivity contribution in [2.75, 3.05) is 48.8 Å². The molecule has 0 spiro atoms. The number of carbonyl (C=O) groups is 1. The molecule has 3 aromatic rings. The highest BCUT2D eigenvalue weighted by Crippen LogP contribution is 2.26. The molecule has 0 bridgehead atoms. The van der Waals surface area contributed by atoms with Gasteiger partial charge in [-0.05, 0) is 32.5 Å². The van der Waals surface area contributed by atoms with E-state index in [4.69, 9.17) is 16.0 Å². The minimum Gasteiger partial charge on any atom is -0.399 e. The third kappa shape index (κ3) is 4.89. The number of aryl methyl sites for hydroxylation is 2. The highest BCUT2D eigenvalue weighted by Gasteiger charge is 2.20. The van der Waals surface area contributed by atoms with Gasteiger partial charge in [0.1, 0.15) is 5.82 Å². The second-order valence-electron chi connectivity index (χ2n) is 7.22. The van der Waals surface area contributed by atoms with Gasteiger partial charge < -0.3 is 19.5 Å². The number of amides is 1. The van der Waals surface area contributed by atoms with E-state index in [1.165, 1.54) is 0 Å². The van der Waals surface area contributed by atoms with Gasteiger partial charge in [0.2, 0.25) is 11.9 Å². The number of anilines is 4. The summed E-state index contributed by atoms with van der Waals surface area (Å²) in [5, 5.41) is 13.6. The van der Waals surface area contributed by atoms with Gasteiger partial charge in [0.05, 0.1) is 10.7 Å². The molecule has 3 heterocycles. The van der Waals surface area contributed by atoms with Crippen molar-refractivity contribution in [3.05, 3.63) is 40.5 Å². The summed E-state index contributed by atoms with van der Waals surface area (Å²) in [5.41, 5.74) is 1.31. The van der Waals surface area contributed by atoms with Crippen LogP contribution in [0.5, 0.6) is 0 Å². The van der Waals surface area contributed by atoms with Gasteiger partial charge in [-0.25, -0.2) is 0 Å². The molecule has 0 radical (unpaired) electrons. The third-order valence-electron chi connectivity index (χ3n) is 4.82. The minimum absolute atomic E-state index is 0.00374. The number of para-hydroxylation sites is 1. The summed E-state index contributed by atoms with van der Waals surface area (Å²) in [6.45, 7) is 7.13. The smallest absolute Gasteiger partial charge is 0.322 e. The number of likely N-dealkylation sites (N-methyl/N-ethyl adjacent to an activating group) is 1. The fraction of sp³-hybridized carbons (Fsp3) is 0.368. The molecule has 1 aromatic carbocycles. The first-order chi connectivity index (χ1) is 14.9. The second-order valence-corrected chi connectivity index (χ2v) is 7.63. The number of nitrogens with one attached hydrogen (secondary N) is 2. The van der Waals surface area contributed by atoms with E-state index in [-0.39, 0.29) is 17.9 Å². The SMILES string of the molecule is Cc1nc(Nc2nnc(C(=O)Nc3c(C)cccc3Cl)o2)nc(N2CCN(C)CC2)n1. The number of aromatic nitrogens is 5. The van der Waals surface area contributed by atoms with Crippen molar-refractivity contribution in [1.29, 1.82) is 0 Å². The predicted molar refractivity (Wildman–Crippen MR) is 116 cm³/mol. The number of carbonyl (C=O) groups excluding carboxylic acids is 1. The summed E-state index contributed by atoms with van der Waals surface area (Å²) in [6.07, 6.45) is 0. The van der Waals surface area contributed by atoms with Crippen LogP contribution in [0.3, 0.4) is 0 Å². The van der Waals surface area contributed by atoms with E-state index < -0.39 is 5.91 Å². The normalized spacial score (nSPS) is 14.5. The van der Waals surface area contributed by atoms with Gasteiger partial charge in [-0.15, -0.1) is 5.10 Å². The van der Waals surface area contributed by atoms with Crippen LogP contribution in [-0.4, -0.2) is 69.2 Å². The highest BCUT2D eigenvalue weighted by molar-refractivity contribution is 6.34. The molecule has 1 aliphatic heterocycles. The molecule has 12 heteroatoms. The lowest BCUT2D eigenvalue weighted by Crippen LogP contribution is -2.45. The number of hydrogen-bond acceptors (Lipinski definition) is 10. The Kier molecular flexibility index (Phi) is 5.96. The monoisotopic (exact) mass is 443 g/mol. The van der Waals surface area contributed by atoms with Gasteiger partial charge in [-0.3, -0.25) is 10.1 Å². The number of benzene rings is 1. The quantitative estimate of drug-likeness (QED) is 0.606. The third-order valence-corrected chi connectivity index (χ3v) is 5.13. The molecule has 2 aromatic heterocycles. The summed E-state index contributed by atoms with van der Waals surface area (Å²) in [5.74, 6) is 0.612. The van der Waals surface area contributed by atoms with Crippen LogP contribution in [0.4, 0.5) is 23.6 Å². The Morgan fingerprint density at radius 1 is 1.10 bits per heavy atom. The van der Waals surface area contributed by atoms with Gasteiger partial charge in [0.25, 0.3) is 0 Å². The molecule has 0 unspecified atom stereocenters. The van der Waals surface area contributed by atoms with Crippen LogP contribution in [0.15, 0.2) is 22.6 Å². The Balaban J connectivity index is 1.47. The van der Waals surface area contributed by atoms with Crippen LogP contribution in [0.1, 0.15) is 22.1 Å². The van der Waals surface area contributed by atoms with E-state index in [2.05, 4.69) is 52.6 Å². The second kappa shape index (κ2) is 8.82. The lowest BCUT2D eigenvalue weighted by atomic mass is 10.2. The number of nitrogens with zero attached hydrogens (tertiary/aromatic N) is 7. The van der Waals surface area contributed by atoms with E-state index in [1.807, 2.05) is 13.0 Å². The molecular weight excluding hydrogens is 422 g/mol. The number of rotatable bonds is 5. The topological polar surface area (TPSA) is 125 Å². The summed E-state index contributed by atoms with van der Waals surface area (Å²) >= 11 is 6.15. The molecular formula is C19H22ClN9O2. The first-order valence-corrected chi connectivity index (χ1v) is 10.1. The number of hydrogen-bond donors (Lipinski definition) is 2. The van der Waals surface area contributed by atoms with E-state index in [0.29, 0.717) is 22.5 Å². The fourth-order valence-electron chi connectivity index (χ4n) is 3.09. The molecule has 1 amide bonds. The lowest BCUT2D eigenvalue weighted by Gasteiger charge is -2.32. The van der Waals surface area contributed by atoms with Crippen molar-refractivity contribution >= 4 is 41.1 Å². The Morgan fingerprint density at radius 2 is 1.87 bits per heavy atom. The van der Waals surface area contributed by atoms with Gasteiger partial charge in [-0.1, -0.05) is 28.8 Å². The van der Waals surface area contributed by atoms with Crippen LogP contribution in [-0.2, 0) is 0 Å². The van der Waals surface area contributed by atoms with Crippen molar-refractivity contribution < 1.29 is 9.21 Å². The van der Waals surface area contributed by atoms with Crippen molar-refractivity contribution in [2.24, 2.45) is 0 Å². The van der Waals surface area contributed by atoms with Crippen LogP contribution in [0, 0.1) is 13.8 Å². The zero-order valence-electron chi connectivity index (χ0n) is 17.4. The lowest BCUT2D eigenvalue weighted by molar-refractivity contribution is 0.0991. The van der Waals surface area contributed by atoms with Crippen molar-refractivity contribution in [3.8, 4) is 0 Å². The Morgan fingerprint density at radius 3 is 2.61 bits per heavy atom. The molecule has 1 saturated heterocycles. The maximum absolute atomic E-state index is 12.5. The zero-order chi connectivity index (χ0) is 22.0. The summed E-state index contributed by atoms with van der Waals surface area (Å²) in [7, 11) is 2.08. The van der Waals surface area contributed by atoms with Crippen LogP contribution >= 0.6 is 11.6 Å². The van der Waals surface area contributed by atoms with E-state index in [1.54, 1.807) is 19.1 Å². The van der Waals surface area contributed by atoms with Gasteiger partial charge >= 0.3 is 17.8 Å². The first-order valence-electron chi connectivity index (χ1n) is 9.72. The predicted octanol–water partition coefficient (Wildman–Crippen LogP) is 2.27. The molecule has 11 nitrogen and oxygen atoms in total. The Bertz CT molecular complexity index is 1080. The molecule has 0 saturated carbocycles. The van der Waals surface area contributed by atoms with Crippen LogP contribution in [0.25, 0.3) is 0 Å². The molecule has 2 N–H and O–H groups in total.